The number of likely N-dealkylation sites (tertiary alicyclic amines) is 1. The van der Waals surface area contributed by atoms with Crippen LogP contribution in [-0.2, 0) is 11.3 Å². The maximum Gasteiger partial charge on any atom is 0.121 e. The largest absolute Gasteiger partial charge is 0.497 e. The first-order chi connectivity index (χ1) is 11.8. The molecule has 1 aromatic carbocycles. The van der Waals surface area contributed by atoms with Crippen molar-refractivity contribution in [1.29, 1.82) is 0 Å². The third kappa shape index (κ3) is 3.74. The number of hydrogen-bond acceptors (Lipinski definition) is 2. The van der Waals surface area contributed by atoms with E-state index in [2.05, 4.69) is 54.0 Å². The van der Waals surface area contributed by atoms with Gasteiger partial charge >= 0.3 is 0 Å². The maximum atomic E-state index is 5.64. The third-order valence-corrected chi connectivity index (χ3v) is 5.01. The lowest BCUT2D eigenvalue weighted by Crippen LogP contribution is -2.35. The second-order valence-corrected chi connectivity index (χ2v) is 6.63. The highest BCUT2D eigenvalue weighted by atomic mass is 16.5. The van der Waals surface area contributed by atoms with Crippen LogP contribution in [-0.4, -0.2) is 24.1 Å². The van der Waals surface area contributed by atoms with E-state index in [0.29, 0.717) is 6.04 Å². The molecular formula is C22H27NO. The number of nitrogens with zero attached hydrogens (tertiary/aromatic N) is 1. The van der Waals surface area contributed by atoms with Crippen LogP contribution in [0.2, 0.25) is 0 Å². The lowest BCUT2D eigenvalue weighted by molar-refractivity contribution is 0.204. The van der Waals surface area contributed by atoms with E-state index in [4.69, 9.17) is 4.74 Å². The van der Waals surface area contributed by atoms with Crippen LogP contribution in [0.3, 0.4) is 0 Å². The monoisotopic (exact) mass is 321 g/mol. The Balaban J connectivity index is 1.86. The van der Waals surface area contributed by atoms with Crippen LogP contribution in [0.5, 0.6) is 0 Å². The molecule has 1 aliphatic heterocycles. The summed E-state index contributed by atoms with van der Waals surface area (Å²) in [7, 11) is 1.76. The van der Waals surface area contributed by atoms with Gasteiger partial charge in [0.15, 0.2) is 0 Å². The molecule has 1 saturated heterocycles. The zero-order valence-corrected chi connectivity index (χ0v) is 14.8. The Morgan fingerprint density at radius 2 is 2.04 bits per heavy atom. The first kappa shape index (κ1) is 16.9. The zero-order chi connectivity index (χ0) is 16.8. The fourth-order valence-electron chi connectivity index (χ4n) is 3.76. The molecular weight excluding hydrogens is 294 g/mol. The van der Waals surface area contributed by atoms with Crippen molar-refractivity contribution < 1.29 is 4.74 Å². The molecule has 2 unspecified atom stereocenters. The highest BCUT2D eigenvalue weighted by Crippen LogP contribution is 2.36. The van der Waals surface area contributed by atoms with Crippen molar-refractivity contribution in [1.82, 2.24) is 4.90 Å². The highest BCUT2D eigenvalue weighted by Gasteiger charge is 2.38. The molecule has 0 spiro atoms. The van der Waals surface area contributed by atoms with Gasteiger partial charge in [0.2, 0.25) is 0 Å². The summed E-state index contributed by atoms with van der Waals surface area (Å²) in [6.07, 6.45) is 10.1. The zero-order valence-electron chi connectivity index (χ0n) is 14.8. The number of fused-ring (bicyclic) bond motifs is 1. The van der Waals surface area contributed by atoms with Crippen molar-refractivity contribution in [2.24, 2.45) is 0 Å². The molecule has 2 aliphatic rings. The number of rotatable bonds is 7. The predicted molar refractivity (Wildman–Crippen MR) is 99.3 cm³/mol. The van der Waals surface area contributed by atoms with Crippen molar-refractivity contribution in [3.63, 3.8) is 0 Å². The number of ether oxygens (including phenoxy) is 1. The molecule has 3 rings (SSSR count). The van der Waals surface area contributed by atoms with Gasteiger partial charge in [-0.05, 0) is 30.6 Å². The van der Waals surface area contributed by atoms with Gasteiger partial charge in [0.1, 0.15) is 5.76 Å². The first-order valence-corrected chi connectivity index (χ1v) is 9.07. The van der Waals surface area contributed by atoms with Gasteiger partial charge in [0.05, 0.1) is 13.2 Å². The van der Waals surface area contributed by atoms with Gasteiger partial charge in [-0.15, -0.1) is 0 Å². The van der Waals surface area contributed by atoms with Crippen molar-refractivity contribution in [2.45, 2.75) is 57.7 Å². The van der Waals surface area contributed by atoms with Crippen LogP contribution < -0.4 is 0 Å². The van der Waals surface area contributed by atoms with Gasteiger partial charge in [-0.2, -0.15) is 0 Å². The smallest absolute Gasteiger partial charge is 0.121 e. The van der Waals surface area contributed by atoms with Crippen LogP contribution in [0.25, 0.3) is 0 Å². The second-order valence-electron chi connectivity index (χ2n) is 6.63. The van der Waals surface area contributed by atoms with Crippen LogP contribution in [0.1, 0.15) is 44.6 Å². The maximum absolute atomic E-state index is 5.64. The highest BCUT2D eigenvalue weighted by molar-refractivity contribution is 5.42. The second kappa shape index (κ2) is 8.22. The normalized spacial score (nSPS) is 22.8. The van der Waals surface area contributed by atoms with Crippen LogP contribution >= 0.6 is 0 Å². The molecule has 1 fully saturated rings. The third-order valence-electron chi connectivity index (χ3n) is 5.01. The van der Waals surface area contributed by atoms with Crippen molar-refractivity contribution in [2.75, 3.05) is 7.11 Å². The quantitative estimate of drug-likeness (QED) is 0.534. The van der Waals surface area contributed by atoms with Gasteiger partial charge in [-0.25, -0.2) is 0 Å². The summed E-state index contributed by atoms with van der Waals surface area (Å²) < 4.78 is 5.64. The Kier molecular flexibility index (Phi) is 5.77. The number of hydrogen-bond donors (Lipinski definition) is 0. The summed E-state index contributed by atoms with van der Waals surface area (Å²) in [4.78, 5) is 2.58. The SMILES string of the molecule is CCCCCC1CC2=C(OC)C=CC#CC2N1Cc1ccccc1. The minimum absolute atomic E-state index is 0.182. The van der Waals surface area contributed by atoms with Crippen molar-refractivity contribution in [3.05, 3.63) is 59.4 Å². The Labute approximate surface area is 146 Å². The van der Waals surface area contributed by atoms with E-state index in [1.807, 2.05) is 12.2 Å². The molecule has 126 valence electrons. The Morgan fingerprint density at radius 1 is 1.21 bits per heavy atom. The number of unbranched alkanes of at least 4 members (excludes halogenated alkanes) is 2. The van der Waals surface area contributed by atoms with E-state index in [1.54, 1.807) is 7.11 Å². The van der Waals surface area contributed by atoms with Gasteiger partial charge in [-0.3, -0.25) is 4.90 Å². The summed E-state index contributed by atoms with van der Waals surface area (Å²) in [5, 5.41) is 0. The number of methoxy groups -OCH3 is 1. The summed E-state index contributed by atoms with van der Waals surface area (Å²) in [6, 6.07) is 11.5. The molecule has 1 aliphatic carbocycles. The summed E-state index contributed by atoms with van der Waals surface area (Å²) in [5.41, 5.74) is 2.72. The molecule has 2 atom stereocenters. The average molecular weight is 321 g/mol. The Morgan fingerprint density at radius 3 is 2.79 bits per heavy atom. The van der Waals surface area contributed by atoms with Crippen LogP contribution in [0.15, 0.2) is 53.8 Å². The lowest BCUT2D eigenvalue weighted by Gasteiger charge is -2.27. The van der Waals surface area contributed by atoms with Crippen LogP contribution in [0.4, 0.5) is 0 Å². The number of benzene rings is 1. The Hall–Kier alpha value is -1.98. The molecule has 0 radical (unpaired) electrons. The molecule has 2 heteroatoms. The molecule has 0 bridgehead atoms. The molecule has 1 aromatic rings. The molecule has 24 heavy (non-hydrogen) atoms. The van der Waals surface area contributed by atoms with Gasteiger partial charge < -0.3 is 4.74 Å². The van der Waals surface area contributed by atoms with E-state index < -0.39 is 0 Å². The summed E-state index contributed by atoms with van der Waals surface area (Å²) >= 11 is 0. The topological polar surface area (TPSA) is 12.5 Å². The van der Waals surface area contributed by atoms with Gasteiger partial charge in [0, 0.05) is 18.2 Å². The van der Waals surface area contributed by atoms with E-state index in [0.717, 1.165) is 18.7 Å². The fraction of sp³-hybridized carbons (Fsp3) is 0.455. The van der Waals surface area contributed by atoms with Gasteiger partial charge in [-0.1, -0.05) is 68.4 Å². The summed E-state index contributed by atoms with van der Waals surface area (Å²) in [6.45, 7) is 3.22. The van der Waals surface area contributed by atoms with E-state index in [1.165, 1.54) is 36.8 Å². The lowest BCUT2D eigenvalue weighted by atomic mass is 10.0. The molecule has 0 aromatic heterocycles. The van der Waals surface area contributed by atoms with Crippen LogP contribution in [0, 0.1) is 11.8 Å². The average Bonchev–Trinajstić information content (AvgIpc) is 2.81. The number of allylic oxidation sites excluding steroid dienone is 2. The molecule has 2 nitrogen and oxygen atoms in total. The van der Waals surface area contributed by atoms with E-state index in [-0.39, 0.29) is 6.04 Å². The first-order valence-electron chi connectivity index (χ1n) is 9.07. The summed E-state index contributed by atoms with van der Waals surface area (Å²) in [5.74, 6) is 7.64. The predicted octanol–water partition coefficient (Wildman–Crippen LogP) is 4.68. The molecule has 0 N–H and O–H groups in total. The van der Waals surface area contributed by atoms with E-state index in [9.17, 15) is 0 Å². The molecule has 1 heterocycles. The molecule has 0 amide bonds. The molecule has 0 saturated carbocycles. The van der Waals surface area contributed by atoms with Crippen molar-refractivity contribution >= 4 is 0 Å². The minimum atomic E-state index is 0.182. The standard InChI is InChI=1S/C22H27NO/c1-3-4-6-13-19-16-20-21(14-9-10-15-22(20)24-2)23(19)17-18-11-7-5-8-12-18/h5,7-8,10-12,15,19,21H,3-4,6,13,16-17H2,1-2H3. The fourth-order valence-corrected chi connectivity index (χ4v) is 3.76. The van der Waals surface area contributed by atoms with E-state index >= 15 is 0 Å². The minimum Gasteiger partial charge on any atom is -0.497 e. The van der Waals surface area contributed by atoms with Gasteiger partial charge in [0.25, 0.3) is 0 Å². The Bertz CT molecular complexity index is 662. The van der Waals surface area contributed by atoms with Crippen molar-refractivity contribution in [3.8, 4) is 11.8 Å².